The van der Waals surface area contributed by atoms with E-state index in [0.29, 0.717) is 12.1 Å². The van der Waals surface area contributed by atoms with Gasteiger partial charge in [-0.15, -0.1) is 0 Å². The average molecular weight is 270 g/mol. The number of nitrogens with zero attached hydrogens (tertiary/aromatic N) is 2. The molecule has 0 spiro atoms. The molecule has 0 atom stereocenters. The molecule has 1 saturated heterocycles. The highest BCUT2D eigenvalue weighted by atomic mass is 16.7. The van der Waals surface area contributed by atoms with Gasteiger partial charge in [0.15, 0.2) is 0 Å². The van der Waals surface area contributed by atoms with Crippen LogP contribution in [-0.2, 0) is 4.84 Å². The third kappa shape index (κ3) is 3.93. The third-order valence-corrected chi connectivity index (χ3v) is 4.38. The summed E-state index contributed by atoms with van der Waals surface area (Å²) in [6, 6.07) is 1.23. The zero-order valence-electron chi connectivity index (χ0n) is 14.3. The number of hydrogen-bond donors (Lipinski definition) is 0. The summed E-state index contributed by atoms with van der Waals surface area (Å²) in [4.78, 5) is 8.58. The quantitative estimate of drug-likeness (QED) is 0.758. The summed E-state index contributed by atoms with van der Waals surface area (Å²) in [7, 11) is 2.25. The minimum Gasteiger partial charge on any atom is -0.301 e. The molecule has 1 heterocycles. The van der Waals surface area contributed by atoms with E-state index in [0.717, 1.165) is 25.9 Å². The normalized spacial score (nSPS) is 24.3. The molecule has 0 aromatic carbocycles. The predicted molar refractivity (Wildman–Crippen MR) is 82.2 cm³/mol. The minimum absolute atomic E-state index is 0.0880. The standard InChI is InChI=1S/C16H34N2O/c1-9-10-19-18-15(4,5)11-14(12-16(18,6)7)17(8)13(2)3/h13-14H,9-12H2,1-8H3. The largest absolute Gasteiger partial charge is 0.301 e. The zero-order chi connectivity index (χ0) is 14.8. The molecule has 0 aromatic heterocycles. The summed E-state index contributed by atoms with van der Waals surface area (Å²) < 4.78 is 0. The summed E-state index contributed by atoms with van der Waals surface area (Å²) in [6.07, 6.45) is 3.39. The van der Waals surface area contributed by atoms with Crippen molar-refractivity contribution in [3.8, 4) is 0 Å². The summed E-state index contributed by atoms with van der Waals surface area (Å²) in [5.41, 5.74) is 0.176. The second-order valence-corrected chi connectivity index (χ2v) is 7.57. The highest BCUT2D eigenvalue weighted by Crippen LogP contribution is 2.40. The van der Waals surface area contributed by atoms with Crippen molar-refractivity contribution >= 4 is 0 Å². The van der Waals surface area contributed by atoms with Crippen molar-refractivity contribution in [1.82, 2.24) is 9.96 Å². The number of piperidine rings is 1. The molecule has 0 aromatic rings. The Morgan fingerprint density at radius 1 is 1.16 bits per heavy atom. The van der Waals surface area contributed by atoms with E-state index in [-0.39, 0.29) is 11.1 Å². The second kappa shape index (κ2) is 6.11. The van der Waals surface area contributed by atoms with E-state index in [4.69, 9.17) is 4.84 Å². The first-order valence-electron chi connectivity index (χ1n) is 7.77. The Morgan fingerprint density at radius 3 is 2.00 bits per heavy atom. The van der Waals surface area contributed by atoms with Gasteiger partial charge in [-0.1, -0.05) is 6.92 Å². The molecule has 0 N–H and O–H groups in total. The van der Waals surface area contributed by atoms with Crippen molar-refractivity contribution in [3.63, 3.8) is 0 Å². The van der Waals surface area contributed by atoms with E-state index in [9.17, 15) is 0 Å². The van der Waals surface area contributed by atoms with E-state index in [1.165, 1.54) is 0 Å². The van der Waals surface area contributed by atoms with Crippen molar-refractivity contribution in [2.24, 2.45) is 0 Å². The van der Waals surface area contributed by atoms with Crippen LogP contribution < -0.4 is 0 Å². The highest BCUT2D eigenvalue weighted by molar-refractivity contribution is 4.99. The van der Waals surface area contributed by atoms with Gasteiger partial charge in [0.2, 0.25) is 0 Å². The van der Waals surface area contributed by atoms with Gasteiger partial charge in [0.05, 0.1) is 6.61 Å². The average Bonchev–Trinajstić information content (AvgIpc) is 2.24. The van der Waals surface area contributed by atoms with Gasteiger partial charge in [-0.3, -0.25) is 4.84 Å². The van der Waals surface area contributed by atoms with Gasteiger partial charge in [0.1, 0.15) is 0 Å². The van der Waals surface area contributed by atoms with Crippen LogP contribution in [0.4, 0.5) is 0 Å². The van der Waals surface area contributed by atoms with Gasteiger partial charge in [-0.25, -0.2) is 0 Å². The second-order valence-electron chi connectivity index (χ2n) is 7.57. The summed E-state index contributed by atoms with van der Waals surface area (Å²) in [5.74, 6) is 0. The lowest BCUT2D eigenvalue weighted by Crippen LogP contribution is -2.64. The first-order valence-corrected chi connectivity index (χ1v) is 7.77. The van der Waals surface area contributed by atoms with Gasteiger partial charge in [0.25, 0.3) is 0 Å². The van der Waals surface area contributed by atoms with Crippen molar-refractivity contribution in [3.05, 3.63) is 0 Å². The Bertz CT molecular complexity index is 268. The lowest BCUT2D eigenvalue weighted by Gasteiger charge is -2.55. The zero-order valence-corrected chi connectivity index (χ0v) is 14.3. The van der Waals surface area contributed by atoms with Crippen LogP contribution in [0.5, 0.6) is 0 Å². The van der Waals surface area contributed by atoms with Crippen LogP contribution in [0.3, 0.4) is 0 Å². The maximum Gasteiger partial charge on any atom is 0.0683 e. The number of hydroxylamine groups is 2. The molecule has 0 saturated carbocycles. The van der Waals surface area contributed by atoms with Crippen LogP contribution in [0, 0.1) is 0 Å². The van der Waals surface area contributed by atoms with Crippen LogP contribution in [0.1, 0.15) is 67.7 Å². The Morgan fingerprint density at radius 2 is 1.63 bits per heavy atom. The molecule has 1 rings (SSSR count). The lowest BCUT2D eigenvalue weighted by molar-refractivity contribution is -0.288. The van der Waals surface area contributed by atoms with E-state index in [2.05, 4.69) is 65.5 Å². The van der Waals surface area contributed by atoms with Gasteiger partial charge in [-0.05, 0) is 67.9 Å². The Kier molecular flexibility index (Phi) is 5.44. The molecule has 1 fully saturated rings. The lowest BCUT2D eigenvalue weighted by atomic mass is 9.78. The van der Waals surface area contributed by atoms with Crippen molar-refractivity contribution in [1.29, 1.82) is 0 Å². The molecule has 0 radical (unpaired) electrons. The van der Waals surface area contributed by atoms with Crippen molar-refractivity contribution in [2.45, 2.75) is 90.9 Å². The monoisotopic (exact) mass is 270 g/mol. The third-order valence-electron chi connectivity index (χ3n) is 4.38. The maximum absolute atomic E-state index is 6.07. The van der Waals surface area contributed by atoms with Crippen molar-refractivity contribution < 1.29 is 4.84 Å². The number of rotatable bonds is 5. The molecule has 1 aliphatic heterocycles. The molecule has 3 heteroatoms. The summed E-state index contributed by atoms with van der Waals surface area (Å²) in [5, 5.41) is 2.26. The van der Waals surface area contributed by atoms with Crippen LogP contribution in [0.25, 0.3) is 0 Å². The molecule has 19 heavy (non-hydrogen) atoms. The van der Waals surface area contributed by atoms with Crippen molar-refractivity contribution in [2.75, 3.05) is 13.7 Å². The van der Waals surface area contributed by atoms with Crippen LogP contribution in [0.2, 0.25) is 0 Å². The topological polar surface area (TPSA) is 15.7 Å². The van der Waals surface area contributed by atoms with Crippen LogP contribution in [0.15, 0.2) is 0 Å². The predicted octanol–water partition coefficient (Wildman–Crippen LogP) is 3.69. The fraction of sp³-hybridized carbons (Fsp3) is 1.00. The van der Waals surface area contributed by atoms with E-state index < -0.39 is 0 Å². The van der Waals surface area contributed by atoms with E-state index in [1.54, 1.807) is 0 Å². The Hall–Kier alpha value is -0.120. The molecule has 0 aliphatic carbocycles. The molecular formula is C16H34N2O. The maximum atomic E-state index is 6.07. The first kappa shape index (κ1) is 16.9. The molecule has 0 bridgehead atoms. The van der Waals surface area contributed by atoms with Crippen LogP contribution in [-0.4, -0.2) is 46.8 Å². The van der Waals surface area contributed by atoms with Gasteiger partial charge < -0.3 is 4.90 Å². The summed E-state index contributed by atoms with van der Waals surface area (Å²) >= 11 is 0. The Labute approximate surface area is 120 Å². The fourth-order valence-electron chi connectivity index (χ4n) is 3.45. The smallest absolute Gasteiger partial charge is 0.0683 e. The highest BCUT2D eigenvalue weighted by Gasteiger charge is 2.47. The molecule has 0 unspecified atom stereocenters. The van der Waals surface area contributed by atoms with E-state index in [1.807, 2.05) is 0 Å². The molecule has 3 nitrogen and oxygen atoms in total. The van der Waals surface area contributed by atoms with Gasteiger partial charge in [0, 0.05) is 23.2 Å². The SMILES string of the molecule is CCCON1C(C)(C)CC(N(C)C(C)C)CC1(C)C. The van der Waals surface area contributed by atoms with E-state index >= 15 is 0 Å². The summed E-state index contributed by atoms with van der Waals surface area (Å²) in [6.45, 7) is 16.8. The first-order chi connectivity index (χ1) is 8.62. The number of hydrogen-bond acceptors (Lipinski definition) is 3. The Balaban J connectivity index is 2.87. The molecule has 1 aliphatic rings. The molecule has 0 amide bonds. The van der Waals surface area contributed by atoms with Gasteiger partial charge in [-0.2, -0.15) is 5.06 Å². The molecule has 114 valence electrons. The van der Waals surface area contributed by atoms with Gasteiger partial charge >= 0.3 is 0 Å². The minimum atomic E-state index is 0.0880. The van der Waals surface area contributed by atoms with Crippen LogP contribution >= 0.6 is 0 Å². The fourth-order valence-corrected chi connectivity index (χ4v) is 3.45. The molecular weight excluding hydrogens is 236 g/mol.